The Kier molecular flexibility index (Phi) is 3.24. The molecule has 0 saturated heterocycles. The smallest absolute Gasteiger partial charge is 0.290 e. The van der Waals surface area contributed by atoms with Crippen LogP contribution in [-0.4, -0.2) is 33.7 Å². The molecule has 0 aliphatic carbocycles. The van der Waals surface area contributed by atoms with Gasteiger partial charge in [-0.3, -0.25) is 9.20 Å². The molecule has 104 valence electrons. The fraction of sp³-hybridized carbons (Fsp3) is 0.308. The van der Waals surface area contributed by atoms with Crippen LogP contribution < -0.4 is 5.32 Å². The standard InChI is InChI=1S/C13H14N4O3/c1-9-12(20-7-6-19-9)13(18)14-8-11-16-15-10-4-2-3-5-17(10)11/h2-5H,6-8H2,1H3,(H,14,18). The number of hydrogen-bond acceptors (Lipinski definition) is 5. The van der Waals surface area contributed by atoms with Crippen molar-refractivity contribution in [1.29, 1.82) is 0 Å². The average molecular weight is 274 g/mol. The molecule has 0 fully saturated rings. The lowest BCUT2D eigenvalue weighted by Gasteiger charge is -2.19. The molecule has 0 aromatic carbocycles. The fourth-order valence-electron chi connectivity index (χ4n) is 1.98. The van der Waals surface area contributed by atoms with E-state index in [0.717, 1.165) is 5.65 Å². The van der Waals surface area contributed by atoms with Gasteiger partial charge in [0.15, 0.2) is 11.5 Å². The molecule has 3 rings (SSSR count). The molecule has 7 nitrogen and oxygen atoms in total. The van der Waals surface area contributed by atoms with Crippen LogP contribution in [0.1, 0.15) is 12.7 Å². The second kappa shape index (κ2) is 5.20. The molecule has 0 unspecified atom stereocenters. The number of nitrogens with zero attached hydrogens (tertiary/aromatic N) is 3. The van der Waals surface area contributed by atoms with E-state index >= 15 is 0 Å². The minimum absolute atomic E-state index is 0.227. The van der Waals surface area contributed by atoms with Crippen LogP contribution in [0.4, 0.5) is 0 Å². The number of hydrogen-bond donors (Lipinski definition) is 1. The summed E-state index contributed by atoms with van der Waals surface area (Å²) < 4.78 is 12.4. The highest BCUT2D eigenvalue weighted by atomic mass is 16.6. The van der Waals surface area contributed by atoms with E-state index in [4.69, 9.17) is 9.47 Å². The number of rotatable bonds is 3. The molecular formula is C13H14N4O3. The maximum absolute atomic E-state index is 12.0. The second-order valence-electron chi connectivity index (χ2n) is 4.31. The molecule has 2 aromatic rings. The predicted octanol–water partition coefficient (Wildman–Crippen LogP) is 0.624. The van der Waals surface area contributed by atoms with Crippen LogP contribution in [0.15, 0.2) is 35.9 Å². The van der Waals surface area contributed by atoms with Crippen molar-refractivity contribution in [2.75, 3.05) is 13.2 Å². The summed E-state index contributed by atoms with van der Waals surface area (Å²) in [7, 11) is 0. The fourth-order valence-corrected chi connectivity index (χ4v) is 1.98. The Balaban J connectivity index is 1.72. The molecular weight excluding hydrogens is 260 g/mol. The molecule has 1 amide bonds. The number of aromatic nitrogens is 3. The Morgan fingerprint density at radius 1 is 1.35 bits per heavy atom. The molecule has 0 radical (unpaired) electrons. The van der Waals surface area contributed by atoms with Gasteiger partial charge in [0.2, 0.25) is 5.76 Å². The van der Waals surface area contributed by atoms with Crippen LogP contribution in [0.5, 0.6) is 0 Å². The lowest BCUT2D eigenvalue weighted by molar-refractivity contribution is -0.122. The van der Waals surface area contributed by atoms with Gasteiger partial charge in [-0.2, -0.15) is 0 Å². The van der Waals surface area contributed by atoms with Crippen molar-refractivity contribution in [1.82, 2.24) is 19.9 Å². The molecule has 2 aromatic heterocycles. The minimum Gasteiger partial charge on any atom is -0.491 e. The maximum Gasteiger partial charge on any atom is 0.290 e. The first-order chi connectivity index (χ1) is 9.75. The summed E-state index contributed by atoms with van der Waals surface area (Å²) in [5, 5.41) is 10.8. The highest BCUT2D eigenvalue weighted by Crippen LogP contribution is 2.13. The summed E-state index contributed by atoms with van der Waals surface area (Å²) in [5.74, 6) is 1.07. The van der Waals surface area contributed by atoms with E-state index in [1.807, 2.05) is 28.8 Å². The molecule has 1 aliphatic rings. The number of carbonyl (C=O) groups is 1. The van der Waals surface area contributed by atoms with Gasteiger partial charge in [-0.1, -0.05) is 6.07 Å². The van der Waals surface area contributed by atoms with Crippen molar-refractivity contribution in [3.8, 4) is 0 Å². The molecule has 1 N–H and O–H groups in total. The highest BCUT2D eigenvalue weighted by Gasteiger charge is 2.20. The minimum atomic E-state index is -0.310. The number of amides is 1. The third kappa shape index (κ3) is 2.29. The van der Waals surface area contributed by atoms with E-state index < -0.39 is 0 Å². The number of carbonyl (C=O) groups excluding carboxylic acids is 1. The first-order valence-electron chi connectivity index (χ1n) is 6.29. The van der Waals surface area contributed by atoms with Gasteiger partial charge in [0.05, 0.1) is 6.54 Å². The van der Waals surface area contributed by atoms with Gasteiger partial charge in [0.25, 0.3) is 5.91 Å². The summed E-state index contributed by atoms with van der Waals surface area (Å²) in [6.07, 6.45) is 1.85. The van der Waals surface area contributed by atoms with Crippen LogP contribution in [0, 0.1) is 0 Å². The largest absolute Gasteiger partial charge is 0.491 e. The summed E-state index contributed by atoms with van der Waals surface area (Å²) in [6, 6.07) is 5.61. The molecule has 1 aliphatic heterocycles. The summed E-state index contributed by atoms with van der Waals surface area (Å²) in [6.45, 7) is 2.83. The number of fused-ring (bicyclic) bond motifs is 1. The van der Waals surface area contributed by atoms with E-state index in [0.29, 0.717) is 24.8 Å². The number of nitrogens with one attached hydrogen (secondary N) is 1. The number of allylic oxidation sites excluding steroid dienone is 1. The highest BCUT2D eigenvalue weighted by molar-refractivity contribution is 5.91. The maximum atomic E-state index is 12.0. The van der Waals surface area contributed by atoms with Crippen LogP contribution in [0.2, 0.25) is 0 Å². The summed E-state index contributed by atoms with van der Waals surface area (Å²) in [4.78, 5) is 12.0. The normalized spacial score (nSPS) is 14.8. The average Bonchev–Trinajstić information content (AvgIpc) is 2.88. The number of ether oxygens (including phenoxy) is 2. The van der Waals surface area contributed by atoms with Gasteiger partial charge in [-0.15, -0.1) is 10.2 Å². The van der Waals surface area contributed by atoms with Crippen LogP contribution in [0.3, 0.4) is 0 Å². The molecule has 7 heteroatoms. The van der Waals surface area contributed by atoms with Crippen molar-refractivity contribution in [3.05, 3.63) is 41.7 Å². The van der Waals surface area contributed by atoms with Crippen molar-refractivity contribution in [2.45, 2.75) is 13.5 Å². The quantitative estimate of drug-likeness (QED) is 0.888. The van der Waals surface area contributed by atoms with E-state index in [1.54, 1.807) is 6.92 Å². The van der Waals surface area contributed by atoms with Crippen molar-refractivity contribution >= 4 is 11.6 Å². The monoisotopic (exact) mass is 274 g/mol. The van der Waals surface area contributed by atoms with Gasteiger partial charge < -0.3 is 14.8 Å². The Morgan fingerprint density at radius 2 is 2.20 bits per heavy atom. The summed E-state index contributed by atoms with van der Waals surface area (Å²) >= 11 is 0. The van der Waals surface area contributed by atoms with Crippen molar-refractivity contribution in [3.63, 3.8) is 0 Å². The Hall–Kier alpha value is -2.57. The van der Waals surface area contributed by atoms with Crippen LogP contribution >= 0.6 is 0 Å². The zero-order valence-electron chi connectivity index (χ0n) is 11.0. The molecule has 0 atom stereocenters. The Labute approximate surface area is 115 Å². The molecule has 0 bridgehead atoms. The molecule has 3 heterocycles. The molecule has 0 saturated carbocycles. The number of pyridine rings is 1. The van der Waals surface area contributed by atoms with Gasteiger partial charge in [-0.25, -0.2) is 0 Å². The molecule has 0 spiro atoms. The SMILES string of the molecule is CC1=C(C(=O)NCc2nnc3ccccn23)OCCO1. The second-order valence-corrected chi connectivity index (χ2v) is 4.31. The lowest BCUT2D eigenvalue weighted by atomic mass is 10.3. The zero-order valence-corrected chi connectivity index (χ0v) is 11.0. The van der Waals surface area contributed by atoms with E-state index in [1.165, 1.54) is 0 Å². The summed E-state index contributed by atoms with van der Waals surface area (Å²) in [5.41, 5.74) is 0.740. The van der Waals surface area contributed by atoms with Gasteiger partial charge in [0.1, 0.15) is 19.0 Å². The predicted molar refractivity (Wildman–Crippen MR) is 69.4 cm³/mol. The van der Waals surface area contributed by atoms with E-state index in [2.05, 4.69) is 15.5 Å². The third-order valence-electron chi connectivity index (χ3n) is 2.97. The van der Waals surface area contributed by atoms with E-state index in [-0.39, 0.29) is 18.2 Å². The van der Waals surface area contributed by atoms with Crippen molar-refractivity contribution in [2.24, 2.45) is 0 Å². The van der Waals surface area contributed by atoms with Crippen LogP contribution in [0.25, 0.3) is 5.65 Å². The lowest BCUT2D eigenvalue weighted by Crippen LogP contribution is -2.30. The zero-order chi connectivity index (χ0) is 13.9. The van der Waals surface area contributed by atoms with E-state index in [9.17, 15) is 4.79 Å². The Bertz CT molecular complexity index is 677. The Morgan fingerprint density at radius 3 is 3.05 bits per heavy atom. The van der Waals surface area contributed by atoms with Gasteiger partial charge in [0, 0.05) is 6.20 Å². The molecule has 20 heavy (non-hydrogen) atoms. The first kappa shape index (κ1) is 12.5. The van der Waals surface area contributed by atoms with Gasteiger partial charge >= 0.3 is 0 Å². The van der Waals surface area contributed by atoms with Crippen LogP contribution in [-0.2, 0) is 20.8 Å². The topological polar surface area (TPSA) is 77.8 Å². The third-order valence-corrected chi connectivity index (χ3v) is 2.97. The first-order valence-corrected chi connectivity index (χ1v) is 6.29. The van der Waals surface area contributed by atoms with Crippen molar-refractivity contribution < 1.29 is 14.3 Å². The van der Waals surface area contributed by atoms with Gasteiger partial charge in [-0.05, 0) is 19.1 Å².